The molecule has 0 aliphatic rings. The Morgan fingerprint density at radius 3 is 2.63 bits per heavy atom. The summed E-state index contributed by atoms with van der Waals surface area (Å²) < 4.78 is 10.2. The van der Waals surface area contributed by atoms with Gasteiger partial charge in [0.05, 0.1) is 25.6 Å². The number of anilines is 2. The van der Waals surface area contributed by atoms with Crippen LogP contribution in [0, 0.1) is 0 Å². The molecule has 0 saturated carbocycles. The van der Waals surface area contributed by atoms with Gasteiger partial charge in [-0.1, -0.05) is 6.07 Å². The first-order valence-electron chi connectivity index (χ1n) is 5.89. The summed E-state index contributed by atoms with van der Waals surface area (Å²) in [6.07, 6.45) is 1.77. The SMILES string of the molecule is COc1ccc(N)c(NCc2ccc(OC)nc2)c1. The molecule has 2 rings (SSSR count). The van der Waals surface area contributed by atoms with E-state index in [0.717, 1.165) is 17.0 Å². The number of hydrogen-bond donors (Lipinski definition) is 2. The van der Waals surface area contributed by atoms with Crippen molar-refractivity contribution in [1.82, 2.24) is 4.98 Å². The van der Waals surface area contributed by atoms with E-state index in [1.165, 1.54) is 0 Å². The first-order valence-corrected chi connectivity index (χ1v) is 5.89. The van der Waals surface area contributed by atoms with Crippen LogP contribution in [0.1, 0.15) is 5.56 Å². The van der Waals surface area contributed by atoms with Gasteiger partial charge >= 0.3 is 0 Å². The minimum Gasteiger partial charge on any atom is -0.497 e. The van der Waals surface area contributed by atoms with E-state index in [1.807, 2.05) is 30.3 Å². The predicted octanol–water partition coefficient (Wildman–Crippen LogP) is 2.29. The van der Waals surface area contributed by atoms with Crippen LogP contribution >= 0.6 is 0 Å². The van der Waals surface area contributed by atoms with Crippen molar-refractivity contribution in [2.75, 3.05) is 25.3 Å². The Bertz CT molecular complexity index is 541. The molecule has 0 saturated heterocycles. The van der Waals surface area contributed by atoms with E-state index in [9.17, 15) is 0 Å². The third kappa shape index (κ3) is 3.28. The summed E-state index contributed by atoms with van der Waals surface area (Å²) in [5.41, 5.74) is 8.47. The molecular formula is C14H17N3O2. The first kappa shape index (κ1) is 13.0. The fourth-order valence-corrected chi connectivity index (χ4v) is 1.65. The van der Waals surface area contributed by atoms with Crippen LogP contribution in [-0.4, -0.2) is 19.2 Å². The van der Waals surface area contributed by atoms with Crippen LogP contribution in [0.25, 0.3) is 0 Å². The molecule has 100 valence electrons. The van der Waals surface area contributed by atoms with Crippen molar-refractivity contribution in [3.8, 4) is 11.6 Å². The molecular weight excluding hydrogens is 242 g/mol. The Kier molecular flexibility index (Phi) is 4.07. The van der Waals surface area contributed by atoms with Crippen LogP contribution in [0.2, 0.25) is 0 Å². The molecule has 5 nitrogen and oxygen atoms in total. The van der Waals surface area contributed by atoms with E-state index in [-0.39, 0.29) is 0 Å². The summed E-state index contributed by atoms with van der Waals surface area (Å²) in [5.74, 6) is 1.37. The van der Waals surface area contributed by atoms with Gasteiger partial charge < -0.3 is 20.5 Å². The topological polar surface area (TPSA) is 69.4 Å². The monoisotopic (exact) mass is 259 g/mol. The Hall–Kier alpha value is -2.43. The fraction of sp³-hybridized carbons (Fsp3) is 0.214. The number of nitrogen functional groups attached to an aromatic ring is 1. The number of pyridine rings is 1. The van der Waals surface area contributed by atoms with E-state index >= 15 is 0 Å². The highest BCUT2D eigenvalue weighted by Crippen LogP contribution is 2.24. The quantitative estimate of drug-likeness (QED) is 0.806. The summed E-state index contributed by atoms with van der Waals surface area (Å²) >= 11 is 0. The Morgan fingerprint density at radius 2 is 2.00 bits per heavy atom. The molecule has 0 spiro atoms. The minimum absolute atomic E-state index is 0.602. The number of nitrogens with zero attached hydrogens (tertiary/aromatic N) is 1. The molecule has 0 aliphatic carbocycles. The predicted molar refractivity (Wildman–Crippen MR) is 75.5 cm³/mol. The lowest BCUT2D eigenvalue weighted by molar-refractivity contribution is 0.397. The molecule has 1 aromatic carbocycles. The zero-order valence-corrected chi connectivity index (χ0v) is 11.0. The zero-order chi connectivity index (χ0) is 13.7. The molecule has 0 bridgehead atoms. The van der Waals surface area contributed by atoms with Gasteiger partial charge in [-0.2, -0.15) is 0 Å². The average molecular weight is 259 g/mol. The number of nitrogens with one attached hydrogen (secondary N) is 1. The van der Waals surface area contributed by atoms with Crippen molar-refractivity contribution in [1.29, 1.82) is 0 Å². The number of benzene rings is 1. The van der Waals surface area contributed by atoms with Gasteiger partial charge in [0.2, 0.25) is 5.88 Å². The molecule has 1 heterocycles. The molecule has 2 aromatic rings. The second-order valence-corrected chi connectivity index (χ2v) is 4.02. The Balaban J connectivity index is 2.05. The van der Waals surface area contributed by atoms with Gasteiger partial charge in [-0.3, -0.25) is 0 Å². The van der Waals surface area contributed by atoms with Crippen LogP contribution in [-0.2, 0) is 6.54 Å². The van der Waals surface area contributed by atoms with E-state index < -0.39 is 0 Å². The maximum Gasteiger partial charge on any atom is 0.212 e. The molecule has 1 aromatic heterocycles. The highest BCUT2D eigenvalue weighted by Gasteiger charge is 2.02. The van der Waals surface area contributed by atoms with Gasteiger partial charge in [0.25, 0.3) is 0 Å². The third-order valence-electron chi connectivity index (χ3n) is 2.75. The molecule has 5 heteroatoms. The molecule has 0 radical (unpaired) electrons. The lowest BCUT2D eigenvalue weighted by Gasteiger charge is -2.11. The van der Waals surface area contributed by atoms with Gasteiger partial charge in [0.1, 0.15) is 5.75 Å². The van der Waals surface area contributed by atoms with Crippen LogP contribution in [0.3, 0.4) is 0 Å². The highest BCUT2D eigenvalue weighted by molar-refractivity contribution is 5.68. The zero-order valence-electron chi connectivity index (χ0n) is 11.0. The van der Waals surface area contributed by atoms with Gasteiger partial charge in [0, 0.05) is 24.9 Å². The van der Waals surface area contributed by atoms with Crippen LogP contribution in [0.4, 0.5) is 11.4 Å². The molecule has 3 N–H and O–H groups in total. The van der Waals surface area contributed by atoms with Crippen molar-refractivity contribution >= 4 is 11.4 Å². The number of methoxy groups -OCH3 is 2. The number of nitrogens with two attached hydrogens (primary N) is 1. The van der Waals surface area contributed by atoms with Gasteiger partial charge in [-0.25, -0.2) is 4.98 Å². The van der Waals surface area contributed by atoms with E-state index in [0.29, 0.717) is 18.1 Å². The van der Waals surface area contributed by atoms with Crippen LogP contribution < -0.4 is 20.5 Å². The van der Waals surface area contributed by atoms with Crippen LogP contribution in [0.15, 0.2) is 36.5 Å². The normalized spacial score (nSPS) is 10.0. The third-order valence-corrected chi connectivity index (χ3v) is 2.75. The molecule has 0 amide bonds. The Morgan fingerprint density at radius 1 is 1.16 bits per heavy atom. The average Bonchev–Trinajstić information content (AvgIpc) is 2.47. The van der Waals surface area contributed by atoms with Gasteiger partial charge in [-0.15, -0.1) is 0 Å². The molecule has 0 aliphatic heterocycles. The second-order valence-electron chi connectivity index (χ2n) is 4.02. The number of aromatic nitrogens is 1. The standard InChI is InChI=1S/C14H17N3O2/c1-18-11-4-5-12(15)13(7-11)16-8-10-3-6-14(19-2)17-9-10/h3-7,9,16H,8,15H2,1-2H3. The first-order chi connectivity index (χ1) is 9.22. The van der Waals surface area contributed by atoms with Gasteiger partial charge in [0.15, 0.2) is 0 Å². The molecule has 0 atom stereocenters. The summed E-state index contributed by atoms with van der Waals surface area (Å²) in [4.78, 5) is 4.15. The van der Waals surface area contributed by atoms with E-state index in [4.69, 9.17) is 15.2 Å². The van der Waals surface area contributed by atoms with Crippen molar-refractivity contribution in [3.63, 3.8) is 0 Å². The molecule has 19 heavy (non-hydrogen) atoms. The summed E-state index contributed by atoms with van der Waals surface area (Å²) in [7, 11) is 3.22. The summed E-state index contributed by atoms with van der Waals surface area (Å²) in [6, 6.07) is 9.29. The summed E-state index contributed by atoms with van der Waals surface area (Å²) in [5, 5.41) is 3.26. The number of rotatable bonds is 5. The second kappa shape index (κ2) is 5.95. The van der Waals surface area contributed by atoms with E-state index in [2.05, 4.69) is 10.3 Å². The van der Waals surface area contributed by atoms with Crippen molar-refractivity contribution in [2.45, 2.75) is 6.54 Å². The van der Waals surface area contributed by atoms with Gasteiger partial charge in [-0.05, 0) is 17.7 Å². The smallest absolute Gasteiger partial charge is 0.212 e. The minimum atomic E-state index is 0.602. The highest BCUT2D eigenvalue weighted by atomic mass is 16.5. The largest absolute Gasteiger partial charge is 0.497 e. The summed E-state index contributed by atoms with van der Waals surface area (Å²) in [6.45, 7) is 0.633. The van der Waals surface area contributed by atoms with E-state index in [1.54, 1.807) is 20.4 Å². The lowest BCUT2D eigenvalue weighted by Crippen LogP contribution is -2.03. The maximum absolute atomic E-state index is 5.90. The number of ether oxygens (including phenoxy) is 2. The maximum atomic E-state index is 5.90. The molecule has 0 unspecified atom stereocenters. The lowest BCUT2D eigenvalue weighted by atomic mass is 10.2. The van der Waals surface area contributed by atoms with Crippen LogP contribution in [0.5, 0.6) is 11.6 Å². The fourth-order valence-electron chi connectivity index (χ4n) is 1.65. The van der Waals surface area contributed by atoms with Crippen molar-refractivity contribution in [3.05, 3.63) is 42.1 Å². The number of hydrogen-bond acceptors (Lipinski definition) is 5. The molecule has 0 fully saturated rings. The van der Waals surface area contributed by atoms with Crippen molar-refractivity contribution < 1.29 is 9.47 Å². The Labute approximate surface area is 112 Å². The van der Waals surface area contributed by atoms with Crippen molar-refractivity contribution in [2.24, 2.45) is 0 Å².